The summed E-state index contributed by atoms with van der Waals surface area (Å²) in [4.78, 5) is 0. The van der Waals surface area contributed by atoms with Gasteiger partial charge in [-0.1, -0.05) is 36.9 Å². The SMILES string of the molecule is Clc1cc(I)ccc1C1CCCCC1. The fraction of sp³-hybridized carbons (Fsp3) is 0.500. The molecule has 0 heterocycles. The third kappa shape index (κ3) is 2.43. The number of hydrogen-bond donors (Lipinski definition) is 0. The Bertz CT molecular complexity index is 316. The molecule has 0 aromatic heterocycles. The molecule has 0 N–H and O–H groups in total. The van der Waals surface area contributed by atoms with E-state index in [-0.39, 0.29) is 0 Å². The quantitative estimate of drug-likeness (QED) is 0.639. The van der Waals surface area contributed by atoms with Crippen molar-refractivity contribution in [2.45, 2.75) is 38.0 Å². The van der Waals surface area contributed by atoms with Crippen LogP contribution in [0.2, 0.25) is 5.02 Å². The molecule has 0 spiro atoms. The number of benzene rings is 1. The predicted octanol–water partition coefficient (Wildman–Crippen LogP) is 4.99. The van der Waals surface area contributed by atoms with Gasteiger partial charge < -0.3 is 0 Å². The highest BCUT2D eigenvalue weighted by atomic mass is 127. The molecule has 0 aliphatic heterocycles. The topological polar surface area (TPSA) is 0 Å². The summed E-state index contributed by atoms with van der Waals surface area (Å²) in [6.45, 7) is 0. The van der Waals surface area contributed by atoms with Gasteiger partial charge in [-0.3, -0.25) is 0 Å². The fourth-order valence-corrected chi connectivity index (χ4v) is 3.26. The van der Waals surface area contributed by atoms with Gasteiger partial charge in [0.15, 0.2) is 0 Å². The molecular weight excluding hydrogens is 306 g/mol. The van der Waals surface area contributed by atoms with Crippen LogP contribution in [0.1, 0.15) is 43.6 Å². The first-order valence-electron chi connectivity index (χ1n) is 5.22. The molecule has 0 saturated heterocycles. The molecule has 1 fully saturated rings. The summed E-state index contributed by atoms with van der Waals surface area (Å²) in [7, 11) is 0. The Labute approximate surface area is 104 Å². The monoisotopic (exact) mass is 320 g/mol. The van der Waals surface area contributed by atoms with E-state index in [0.717, 1.165) is 5.02 Å². The van der Waals surface area contributed by atoms with Crippen molar-refractivity contribution in [2.24, 2.45) is 0 Å². The van der Waals surface area contributed by atoms with Crippen molar-refractivity contribution in [1.82, 2.24) is 0 Å². The second kappa shape index (κ2) is 4.84. The lowest BCUT2D eigenvalue weighted by molar-refractivity contribution is 0.443. The van der Waals surface area contributed by atoms with Gasteiger partial charge in [-0.15, -0.1) is 0 Å². The normalized spacial score (nSPS) is 18.4. The summed E-state index contributed by atoms with van der Waals surface area (Å²) in [5.41, 5.74) is 1.37. The molecule has 0 radical (unpaired) electrons. The third-order valence-corrected chi connectivity index (χ3v) is 4.01. The molecule has 0 bridgehead atoms. The molecule has 1 aliphatic rings. The zero-order valence-electron chi connectivity index (χ0n) is 8.10. The molecule has 2 rings (SSSR count). The first kappa shape index (κ1) is 10.7. The van der Waals surface area contributed by atoms with Crippen molar-refractivity contribution in [1.29, 1.82) is 0 Å². The lowest BCUT2D eigenvalue weighted by atomic mass is 9.84. The van der Waals surface area contributed by atoms with Gasteiger partial charge in [0.1, 0.15) is 0 Å². The van der Waals surface area contributed by atoms with Gasteiger partial charge >= 0.3 is 0 Å². The van der Waals surface area contributed by atoms with Gasteiger partial charge in [0.25, 0.3) is 0 Å². The van der Waals surface area contributed by atoms with Crippen LogP contribution in [0.15, 0.2) is 18.2 Å². The smallest absolute Gasteiger partial charge is 0.0451 e. The summed E-state index contributed by atoms with van der Waals surface area (Å²) in [5, 5.41) is 0.962. The van der Waals surface area contributed by atoms with Crippen LogP contribution in [-0.2, 0) is 0 Å². The van der Waals surface area contributed by atoms with Crippen molar-refractivity contribution in [3.8, 4) is 0 Å². The zero-order chi connectivity index (χ0) is 9.97. The van der Waals surface area contributed by atoms with Crippen LogP contribution in [0.25, 0.3) is 0 Å². The molecule has 1 aromatic rings. The molecule has 76 valence electrons. The van der Waals surface area contributed by atoms with Crippen LogP contribution < -0.4 is 0 Å². The Morgan fingerprint density at radius 2 is 1.86 bits per heavy atom. The molecule has 0 amide bonds. The molecule has 2 heteroatoms. The molecule has 0 atom stereocenters. The van der Waals surface area contributed by atoms with Crippen LogP contribution >= 0.6 is 34.2 Å². The largest absolute Gasteiger partial charge is 0.0840 e. The lowest BCUT2D eigenvalue weighted by Crippen LogP contribution is -2.05. The molecule has 1 aliphatic carbocycles. The maximum absolute atomic E-state index is 6.26. The van der Waals surface area contributed by atoms with E-state index in [9.17, 15) is 0 Å². The first-order chi connectivity index (χ1) is 6.77. The fourth-order valence-electron chi connectivity index (χ4n) is 2.25. The summed E-state index contributed by atoms with van der Waals surface area (Å²) < 4.78 is 1.23. The van der Waals surface area contributed by atoms with E-state index in [1.54, 1.807) is 0 Å². The first-order valence-corrected chi connectivity index (χ1v) is 6.68. The van der Waals surface area contributed by atoms with Crippen molar-refractivity contribution in [3.05, 3.63) is 32.4 Å². The maximum Gasteiger partial charge on any atom is 0.0451 e. The minimum Gasteiger partial charge on any atom is -0.0840 e. The average Bonchev–Trinajstić information content (AvgIpc) is 2.19. The molecule has 1 aromatic carbocycles. The van der Waals surface area contributed by atoms with Gasteiger partial charge in [-0.25, -0.2) is 0 Å². The highest BCUT2D eigenvalue weighted by Crippen LogP contribution is 2.36. The summed E-state index contributed by atoms with van der Waals surface area (Å²) in [6.07, 6.45) is 6.78. The van der Waals surface area contributed by atoms with Crippen LogP contribution in [0.5, 0.6) is 0 Å². The third-order valence-electron chi connectivity index (χ3n) is 3.01. The number of hydrogen-bond acceptors (Lipinski definition) is 0. The van der Waals surface area contributed by atoms with Gasteiger partial charge in [-0.05, 0) is 59.0 Å². The van der Waals surface area contributed by atoms with E-state index in [1.807, 2.05) is 0 Å². The second-order valence-corrected chi connectivity index (χ2v) is 5.65. The van der Waals surface area contributed by atoms with E-state index in [1.165, 1.54) is 41.2 Å². The van der Waals surface area contributed by atoms with E-state index < -0.39 is 0 Å². The molecule has 1 saturated carbocycles. The minimum atomic E-state index is 0.716. The van der Waals surface area contributed by atoms with Crippen LogP contribution in [0, 0.1) is 3.57 Å². The number of rotatable bonds is 1. The Hall–Kier alpha value is 0.240. The van der Waals surface area contributed by atoms with E-state index in [4.69, 9.17) is 11.6 Å². The predicted molar refractivity (Wildman–Crippen MR) is 70.0 cm³/mol. The van der Waals surface area contributed by atoms with Crippen LogP contribution in [0.3, 0.4) is 0 Å². The second-order valence-electron chi connectivity index (χ2n) is 4.00. The molecule has 0 nitrogen and oxygen atoms in total. The van der Waals surface area contributed by atoms with Crippen molar-refractivity contribution >= 4 is 34.2 Å². The Morgan fingerprint density at radius 3 is 2.50 bits per heavy atom. The van der Waals surface area contributed by atoms with E-state index in [0.29, 0.717) is 5.92 Å². The highest BCUT2D eigenvalue weighted by Gasteiger charge is 2.17. The van der Waals surface area contributed by atoms with Gasteiger partial charge in [0, 0.05) is 8.59 Å². The standard InChI is InChI=1S/C12H14ClI/c13-12-8-10(14)6-7-11(12)9-4-2-1-3-5-9/h6-9H,1-5H2. The van der Waals surface area contributed by atoms with Crippen LogP contribution in [0.4, 0.5) is 0 Å². The average molecular weight is 321 g/mol. The Morgan fingerprint density at radius 1 is 1.14 bits per heavy atom. The summed E-state index contributed by atoms with van der Waals surface area (Å²) in [6, 6.07) is 6.45. The van der Waals surface area contributed by atoms with E-state index in [2.05, 4.69) is 40.8 Å². The van der Waals surface area contributed by atoms with E-state index >= 15 is 0 Å². The maximum atomic E-state index is 6.26. The lowest BCUT2D eigenvalue weighted by Gasteiger charge is -2.22. The molecule has 0 unspecified atom stereocenters. The Balaban J connectivity index is 2.22. The number of halogens is 2. The van der Waals surface area contributed by atoms with Crippen LogP contribution in [-0.4, -0.2) is 0 Å². The van der Waals surface area contributed by atoms with Crippen molar-refractivity contribution in [3.63, 3.8) is 0 Å². The minimum absolute atomic E-state index is 0.716. The Kier molecular flexibility index (Phi) is 3.72. The highest BCUT2D eigenvalue weighted by molar-refractivity contribution is 14.1. The van der Waals surface area contributed by atoms with Crippen molar-refractivity contribution in [2.75, 3.05) is 0 Å². The summed E-state index contributed by atoms with van der Waals surface area (Å²) >= 11 is 8.57. The van der Waals surface area contributed by atoms with Crippen molar-refractivity contribution < 1.29 is 0 Å². The zero-order valence-corrected chi connectivity index (χ0v) is 11.0. The van der Waals surface area contributed by atoms with Gasteiger partial charge in [-0.2, -0.15) is 0 Å². The summed E-state index contributed by atoms with van der Waals surface area (Å²) in [5.74, 6) is 0.716. The van der Waals surface area contributed by atoms with Gasteiger partial charge in [0.2, 0.25) is 0 Å². The molecular formula is C12H14ClI. The van der Waals surface area contributed by atoms with Gasteiger partial charge in [0.05, 0.1) is 0 Å². The molecule has 14 heavy (non-hydrogen) atoms.